The Hall–Kier alpha value is -3.09. The molecule has 2 heterocycles. The molecule has 1 aromatic carbocycles. The lowest BCUT2D eigenvalue weighted by atomic mass is 9.97. The number of guanidine groups is 1. The van der Waals surface area contributed by atoms with Gasteiger partial charge in [0.1, 0.15) is 5.82 Å². The van der Waals surface area contributed by atoms with Crippen molar-refractivity contribution in [3.8, 4) is 0 Å². The second kappa shape index (κ2) is 10.6. The number of hydrogen-bond acceptors (Lipinski definition) is 4. The van der Waals surface area contributed by atoms with Crippen molar-refractivity contribution in [1.29, 1.82) is 0 Å². The van der Waals surface area contributed by atoms with Gasteiger partial charge in [-0.2, -0.15) is 0 Å². The first-order valence-electron chi connectivity index (χ1n) is 10.6. The van der Waals surface area contributed by atoms with Gasteiger partial charge in [-0.15, -0.1) is 0 Å². The molecule has 0 radical (unpaired) electrons. The lowest BCUT2D eigenvalue weighted by molar-refractivity contribution is -0.122. The number of aromatic nitrogens is 1. The Labute approximate surface area is 178 Å². The zero-order chi connectivity index (χ0) is 21.3. The summed E-state index contributed by atoms with van der Waals surface area (Å²) >= 11 is 0. The molecule has 7 heteroatoms. The van der Waals surface area contributed by atoms with Gasteiger partial charge in [-0.1, -0.05) is 35.9 Å². The Morgan fingerprint density at radius 2 is 2.07 bits per heavy atom. The molecule has 1 unspecified atom stereocenters. The third kappa shape index (κ3) is 5.95. The third-order valence-electron chi connectivity index (χ3n) is 5.32. The molecule has 1 aliphatic heterocycles. The third-order valence-corrected chi connectivity index (χ3v) is 5.32. The number of carbonyl (C=O) groups is 1. The number of hydrogen-bond donors (Lipinski definition) is 3. The maximum absolute atomic E-state index is 11.6. The monoisotopic (exact) mass is 408 g/mol. The first kappa shape index (κ1) is 21.6. The summed E-state index contributed by atoms with van der Waals surface area (Å²) in [6, 6.07) is 12.4. The first-order chi connectivity index (χ1) is 14.6. The number of rotatable bonds is 7. The van der Waals surface area contributed by atoms with Crippen LogP contribution in [0.25, 0.3) is 0 Å². The minimum atomic E-state index is -0.229. The van der Waals surface area contributed by atoms with Crippen LogP contribution in [0.1, 0.15) is 36.5 Å². The van der Waals surface area contributed by atoms with Crippen molar-refractivity contribution >= 4 is 17.7 Å². The molecule has 1 fully saturated rings. The van der Waals surface area contributed by atoms with E-state index in [0.717, 1.165) is 43.3 Å². The van der Waals surface area contributed by atoms with E-state index in [2.05, 4.69) is 64.7 Å². The number of pyridine rings is 1. The van der Waals surface area contributed by atoms with Crippen LogP contribution in [0.3, 0.4) is 0 Å². The van der Waals surface area contributed by atoms with Gasteiger partial charge in [-0.25, -0.2) is 9.98 Å². The molecule has 1 aliphatic rings. The molecule has 1 atom stereocenters. The van der Waals surface area contributed by atoms with E-state index in [0.29, 0.717) is 19.6 Å². The van der Waals surface area contributed by atoms with Crippen molar-refractivity contribution in [2.24, 2.45) is 16.6 Å². The van der Waals surface area contributed by atoms with Crippen molar-refractivity contribution < 1.29 is 4.79 Å². The number of nitrogens with zero attached hydrogens (tertiary/aromatic N) is 3. The Morgan fingerprint density at radius 3 is 2.80 bits per heavy atom. The van der Waals surface area contributed by atoms with Crippen LogP contribution in [0.4, 0.5) is 5.82 Å². The number of benzene rings is 1. The fourth-order valence-corrected chi connectivity index (χ4v) is 3.64. The van der Waals surface area contributed by atoms with Gasteiger partial charge in [0.2, 0.25) is 5.91 Å². The van der Waals surface area contributed by atoms with E-state index in [4.69, 9.17) is 10.7 Å². The molecule has 7 nitrogen and oxygen atoms in total. The van der Waals surface area contributed by atoms with Crippen LogP contribution in [0.2, 0.25) is 0 Å². The second-order valence-corrected chi connectivity index (χ2v) is 7.71. The maximum Gasteiger partial charge on any atom is 0.222 e. The van der Waals surface area contributed by atoms with E-state index >= 15 is 0 Å². The number of amides is 1. The fourth-order valence-electron chi connectivity index (χ4n) is 3.64. The van der Waals surface area contributed by atoms with Crippen LogP contribution < -0.4 is 21.3 Å². The van der Waals surface area contributed by atoms with Crippen LogP contribution in [-0.2, 0) is 17.9 Å². The van der Waals surface area contributed by atoms with Crippen LogP contribution in [0.15, 0.2) is 47.6 Å². The van der Waals surface area contributed by atoms with Gasteiger partial charge in [-0.3, -0.25) is 4.79 Å². The Morgan fingerprint density at radius 1 is 1.27 bits per heavy atom. The SMILES string of the molecule is CCNC(=NCc1ccc(C)cc1)NCc1cccnc1N1CCCC(C(N)=O)C1. The van der Waals surface area contributed by atoms with Gasteiger partial charge in [-0.05, 0) is 38.3 Å². The molecule has 4 N–H and O–H groups in total. The topological polar surface area (TPSA) is 95.6 Å². The molecule has 1 saturated heterocycles. The summed E-state index contributed by atoms with van der Waals surface area (Å²) in [5.74, 6) is 1.33. The number of anilines is 1. The number of aryl methyl sites for hydroxylation is 1. The average molecular weight is 409 g/mol. The van der Waals surface area contributed by atoms with E-state index in [1.165, 1.54) is 11.1 Å². The standard InChI is InChI=1S/C23H32N6O/c1-3-25-23(27-14-18-10-8-17(2)9-11-18)28-15-19-6-4-12-26-22(19)29-13-5-7-20(16-29)21(24)30/h4,6,8-12,20H,3,5,7,13-16H2,1-2H3,(H2,24,30)(H2,25,27,28). The average Bonchev–Trinajstić information content (AvgIpc) is 2.77. The molecule has 2 aromatic rings. The van der Waals surface area contributed by atoms with Crippen molar-refractivity contribution in [1.82, 2.24) is 15.6 Å². The highest BCUT2D eigenvalue weighted by Gasteiger charge is 2.25. The number of nitrogens with one attached hydrogen (secondary N) is 2. The Bertz CT molecular complexity index is 864. The zero-order valence-electron chi connectivity index (χ0n) is 17.9. The summed E-state index contributed by atoms with van der Waals surface area (Å²) in [7, 11) is 0. The van der Waals surface area contributed by atoms with E-state index in [1.807, 2.05) is 6.07 Å². The maximum atomic E-state index is 11.6. The molecule has 0 saturated carbocycles. The highest BCUT2D eigenvalue weighted by molar-refractivity contribution is 5.80. The van der Waals surface area contributed by atoms with Crippen molar-refractivity contribution in [3.63, 3.8) is 0 Å². The van der Waals surface area contributed by atoms with Crippen molar-refractivity contribution in [3.05, 3.63) is 59.3 Å². The minimum absolute atomic E-state index is 0.116. The molecule has 30 heavy (non-hydrogen) atoms. The number of aliphatic imine (C=N–C) groups is 1. The molecule has 1 amide bonds. The van der Waals surface area contributed by atoms with Gasteiger partial charge in [0.15, 0.2) is 5.96 Å². The largest absolute Gasteiger partial charge is 0.369 e. The predicted molar refractivity (Wildman–Crippen MR) is 121 cm³/mol. The van der Waals surface area contributed by atoms with Gasteiger partial charge in [0, 0.05) is 37.9 Å². The molecule has 3 rings (SSSR count). The highest BCUT2D eigenvalue weighted by Crippen LogP contribution is 2.24. The van der Waals surface area contributed by atoms with E-state index in [9.17, 15) is 4.79 Å². The van der Waals surface area contributed by atoms with E-state index in [1.54, 1.807) is 6.20 Å². The fraction of sp³-hybridized carbons (Fsp3) is 0.435. The normalized spacial score (nSPS) is 16.9. The van der Waals surface area contributed by atoms with Crippen LogP contribution in [0, 0.1) is 12.8 Å². The number of nitrogens with two attached hydrogens (primary N) is 1. The quantitative estimate of drug-likeness (QED) is 0.483. The van der Waals surface area contributed by atoms with Crippen LogP contribution in [-0.4, -0.2) is 36.5 Å². The molecular formula is C23H32N6O. The number of carbonyl (C=O) groups excluding carboxylic acids is 1. The van der Waals surface area contributed by atoms with Gasteiger partial charge in [0.25, 0.3) is 0 Å². The molecule has 0 aliphatic carbocycles. The molecule has 0 bridgehead atoms. The summed E-state index contributed by atoms with van der Waals surface area (Å²) < 4.78 is 0. The van der Waals surface area contributed by atoms with Crippen molar-refractivity contribution in [2.75, 3.05) is 24.5 Å². The number of primary amides is 1. The molecule has 1 aromatic heterocycles. The lowest BCUT2D eigenvalue weighted by Gasteiger charge is -2.33. The molecular weight excluding hydrogens is 376 g/mol. The van der Waals surface area contributed by atoms with E-state index < -0.39 is 0 Å². The van der Waals surface area contributed by atoms with Gasteiger partial charge in [0.05, 0.1) is 12.5 Å². The number of piperidine rings is 1. The van der Waals surface area contributed by atoms with Gasteiger partial charge >= 0.3 is 0 Å². The van der Waals surface area contributed by atoms with Crippen molar-refractivity contribution in [2.45, 2.75) is 39.8 Å². The summed E-state index contributed by atoms with van der Waals surface area (Å²) in [4.78, 5) is 23.1. The van der Waals surface area contributed by atoms with Crippen LogP contribution in [0.5, 0.6) is 0 Å². The predicted octanol–water partition coefficient (Wildman–Crippen LogP) is 2.35. The first-order valence-corrected chi connectivity index (χ1v) is 10.6. The molecule has 160 valence electrons. The van der Waals surface area contributed by atoms with Gasteiger partial charge < -0.3 is 21.3 Å². The smallest absolute Gasteiger partial charge is 0.222 e. The minimum Gasteiger partial charge on any atom is -0.369 e. The van der Waals surface area contributed by atoms with Crippen LogP contribution >= 0.6 is 0 Å². The molecule has 0 spiro atoms. The second-order valence-electron chi connectivity index (χ2n) is 7.71. The Balaban J connectivity index is 1.68. The van der Waals surface area contributed by atoms with E-state index in [-0.39, 0.29) is 11.8 Å². The summed E-state index contributed by atoms with van der Waals surface area (Å²) in [5, 5.41) is 6.71. The summed E-state index contributed by atoms with van der Waals surface area (Å²) in [6.45, 7) is 7.64. The highest BCUT2D eigenvalue weighted by atomic mass is 16.1. The summed E-state index contributed by atoms with van der Waals surface area (Å²) in [6.07, 6.45) is 3.59. The summed E-state index contributed by atoms with van der Waals surface area (Å²) in [5.41, 5.74) is 9.03. The zero-order valence-corrected chi connectivity index (χ0v) is 17.9. The Kier molecular flexibility index (Phi) is 7.65. The lowest BCUT2D eigenvalue weighted by Crippen LogP contribution is -2.42.